The molecule has 0 N–H and O–H groups in total. The first kappa shape index (κ1) is 22.8. The second-order valence-electron chi connectivity index (χ2n) is 6.98. The van der Waals surface area contributed by atoms with Crippen LogP contribution >= 0.6 is 23.5 Å². The van der Waals surface area contributed by atoms with Gasteiger partial charge in [-0.25, -0.2) is 0 Å². The molecular formula is C19H36O4S2Si. The lowest BCUT2D eigenvalue weighted by Crippen LogP contribution is -2.42. The molecule has 0 spiro atoms. The van der Waals surface area contributed by atoms with Gasteiger partial charge in [0.2, 0.25) is 0 Å². The lowest BCUT2D eigenvalue weighted by atomic mass is 9.80. The Morgan fingerprint density at radius 2 is 1.38 bits per heavy atom. The standard InChI is InChI=1S/C19H36O4S2Si/c1-5-11-24-13-9-16-17(19-8-7-18(16)23-19)10-14-25-12-6-15-26(20-2,21-3)22-4/h7-8,16-19H,5-6,9-15H2,1-4H3. The Kier molecular flexibility index (Phi) is 10.6. The topological polar surface area (TPSA) is 36.9 Å². The van der Waals surface area contributed by atoms with E-state index in [1.165, 1.54) is 36.5 Å². The van der Waals surface area contributed by atoms with Crippen molar-refractivity contribution in [2.75, 3.05) is 44.3 Å². The average Bonchev–Trinajstić information content (AvgIpc) is 3.27. The molecule has 1 fully saturated rings. The second-order valence-corrected chi connectivity index (χ2v) is 12.5. The van der Waals surface area contributed by atoms with Gasteiger partial charge in [-0.1, -0.05) is 19.1 Å². The van der Waals surface area contributed by atoms with E-state index in [-0.39, 0.29) is 0 Å². The van der Waals surface area contributed by atoms with Gasteiger partial charge in [0.1, 0.15) is 0 Å². The monoisotopic (exact) mass is 420 g/mol. The third kappa shape index (κ3) is 6.26. The van der Waals surface area contributed by atoms with E-state index in [2.05, 4.69) is 30.8 Å². The lowest BCUT2D eigenvalue weighted by Gasteiger charge is -2.25. The summed E-state index contributed by atoms with van der Waals surface area (Å²) in [6.07, 6.45) is 10.3. The largest absolute Gasteiger partial charge is 0.500 e. The van der Waals surface area contributed by atoms with Crippen molar-refractivity contribution in [1.29, 1.82) is 0 Å². The Morgan fingerprint density at radius 1 is 0.846 bits per heavy atom. The van der Waals surface area contributed by atoms with Crippen LogP contribution < -0.4 is 0 Å². The minimum Gasteiger partial charge on any atom is -0.377 e. The van der Waals surface area contributed by atoms with Gasteiger partial charge >= 0.3 is 8.80 Å². The smallest absolute Gasteiger partial charge is 0.377 e. The minimum atomic E-state index is -2.39. The molecule has 26 heavy (non-hydrogen) atoms. The van der Waals surface area contributed by atoms with Crippen LogP contribution in [0.2, 0.25) is 6.04 Å². The normalized spacial score (nSPS) is 27.5. The maximum Gasteiger partial charge on any atom is 0.500 e. The van der Waals surface area contributed by atoms with Gasteiger partial charge in [-0.2, -0.15) is 23.5 Å². The Hall–Kier alpha value is 0.497. The van der Waals surface area contributed by atoms with Gasteiger partial charge < -0.3 is 18.0 Å². The van der Waals surface area contributed by atoms with Crippen LogP contribution in [0.1, 0.15) is 32.6 Å². The molecule has 0 aromatic heterocycles. The van der Waals surface area contributed by atoms with Crippen molar-refractivity contribution in [2.45, 2.75) is 50.9 Å². The van der Waals surface area contributed by atoms with Gasteiger partial charge in [0, 0.05) is 27.4 Å². The molecule has 7 heteroatoms. The van der Waals surface area contributed by atoms with E-state index >= 15 is 0 Å². The highest BCUT2D eigenvalue weighted by atomic mass is 32.2. The Morgan fingerprint density at radius 3 is 1.88 bits per heavy atom. The molecule has 4 unspecified atom stereocenters. The average molecular weight is 421 g/mol. The predicted octanol–water partition coefficient (Wildman–Crippen LogP) is 4.48. The number of fused-ring (bicyclic) bond motifs is 2. The number of rotatable bonds is 15. The van der Waals surface area contributed by atoms with Crippen LogP contribution in [0.3, 0.4) is 0 Å². The third-order valence-corrected chi connectivity index (χ3v) is 10.6. The molecule has 0 aromatic carbocycles. The fourth-order valence-electron chi connectivity index (χ4n) is 3.96. The zero-order valence-electron chi connectivity index (χ0n) is 16.8. The van der Waals surface area contributed by atoms with Crippen molar-refractivity contribution in [1.82, 2.24) is 0 Å². The molecule has 2 bridgehead atoms. The van der Waals surface area contributed by atoms with Crippen LogP contribution in [0.4, 0.5) is 0 Å². The quantitative estimate of drug-likeness (QED) is 0.221. The summed E-state index contributed by atoms with van der Waals surface area (Å²) in [4.78, 5) is 0. The van der Waals surface area contributed by atoms with E-state index in [1.807, 2.05) is 11.8 Å². The van der Waals surface area contributed by atoms with Crippen molar-refractivity contribution in [3.8, 4) is 0 Å². The van der Waals surface area contributed by atoms with E-state index in [4.69, 9.17) is 18.0 Å². The highest BCUT2D eigenvalue weighted by molar-refractivity contribution is 7.99. The predicted molar refractivity (Wildman–Crippen MR) is 115 cm³/mol. The maximum atomic E-state index is 6.15. The zero-order valence-corrected chi connectivity index (χ0v) is 19.4. The van der Waals surface area contributed by atoms with Crippen molar-refractivity contribution >= 4 is 32.3 Å². The summed E-state index contributed by atoms with van der Waals surface area (Å²) in [7, 11) is 2.67. The van der Waals surface area contributed by atoms with Crippen molar-refractivity contribution in [3.05, 3.63) is 12.2 Å². The van der Waals surface area contributed by atoms with Crippen molar-refractivity contribution in [2.24, 2.45) is 11.8 Å². The minimum absolute atomic E-state index is 0.373. The molecule has 2 heterocycles. The van der Waals surface area contributed by atoms with Crippen LogP contribution in [-0.4, -0.2) is 65.4 Å². The number of thioether (sulfide) groups is 2. The van der Waals surface area contributed by atoms with Crippen LogP contribution in [0.25, 0.3) is 0 Å². The van der Waals surface area contributed by atoms with Gasteiger partial charge in [0.05, 0.1) is 12.2 Å². The molecule has 0 amide bonds. The van der Waals surface area contributed by atoms with E-state index in [1.54, 1.807) is 21.3 Å². The molecule has 2 aliphatic heterocycles. The zero-order chi connectivity index (χ0) is 18.8. The molecule has 0 aliphatic carbocycles. The number of ether oxygens (including phenoxy) is 1. The highest BCUT2D eigenvalue weighted by Gasteiger charge is 2.44. The molecule has 1 saturated heterocycles. The van der Waals surface area contributed by atoms with Crippen LogP contribution in [0, 0.1) is 11.8 Å². The molecule has 0 saturated carbocycles. The van der Waals surface area contributed by atoms with Gasteiger partial charge in [-0.15, -0.1) is 0 Å². The Balaban J connectivity index is 1.64. The van der Waals surface area contributed by atoms with Gasteiger partial charge in [0.15, 0.2) is 0 Å². The second kappa shape index (κ2) is 12.1. The highest BCUT2D eigenvalue weighted by Crippen LogP contribution is 2.43. The fourth-order valence-corrected chi connectivity index (χ4v) is 7.86. The van der Waals surface area contributed by atoms with E-state index in [0.717, 1.165) is 24.1 Å². The molecule has 0 radical (unpaired) electrons. The first-order valence-electron chi connectivity index (χ1n) is 9.84. The van der Waals surface area contributed by atoms with E-state index < -0.39 is 8.80 Å². The van der Waals surface area contributed by atoms with Gasteiger partial charge in [-0.05, 0) is 60.5 Å². The lowest BCUT2D eigenvalue weighted by molar-refractivity contribution is 0.102. The molecule has 2 rings (SSSR count). The molecule has 4 atom stereocenters. The third-order valence-electron chi connectivity index (χ3n) is 5.44. The summed E-state index contributed by atoms with van der Waals surface area (Å²) in [5.74, 6) is 6.36. The van der Waals surface area contributed by atoms with Crippen molar-refractivity contribution in [3.63, 3.8) is 0 Å². The maximum absolute atomic E-state index is 6.15. The van der Waals surface area contributed by atoms with Crippen LogP contribution in [0.15, 0.2) is 12.2 Å². The van der Waals surface area contributed by atoms with E-state index in [9.17, 15) is 0 Å². The molecule has 4 nitrogen and oxygen atoms in total. The Labute approximate surface area is 169 Å². The molecule has 0 aromatic rings. The van der Waals surface area contributed by atoms with Crippen molar-refractivity contribution < 1.29 is 18.0 Å². The first-order valence-corrected chi connectivity index (χ1v) is 14.1. The number of hydrogen-bond donors (Lipinski definition) is 0. The molecule has 152 valence electrons. The van der Waals surface area contributed by atoms with E-state index in [0.29, 0.717) is 18.1 Å². The first-order chi connectivity index (χ1) is 12.7. The van der Waals surface area contributed by atoms with Gasteiger partial charge in [0.25, 0.3) is 0 Å². The summed E-state index contributed by atoms with van der Waals surface area (Å²) in [6, 6.07) is 0.890. The number of hydrogen-bond acceptors (Lipinski definition) is 6. The fraction of sp³-hybridized carbons (Fsp3) is 0.895. The summed E-state index contributed by atoms with van der Waals surface area (Å²) >= 11 is 4.14. The SMILES string of the molecule is CCCSCCC1C2C=CC(O2)C1CCSCCC[Si](OC)(OC)OC. The summed E-state index contributed by atoms with van der Waals surface area (Å²) in [5.41, 5.74) is 0. The summed E-state index contributed by atoms with van der Waals surface area (Å²) in [6.45, 7) is 2.26. The Bertz CT molecular complexity index is 412. The molecular weight excluding hydrogens is 384 g/mol. The van der Waals surface area contributed by atoms with Crippen LogP contribution in [-0.2, 0) is 18.0 Å². The van der Waals surface area contributed by atoms with Gasteiger partial charge in [-0.3, -0.25) is 0 Å². The van der Waals surface area contributed by atoms with Crippen LogP contribution in [0.5, 0.6) is 0 Å². The summed E-state index contributed by atoms with van der Waals surface area (Å²) in [5, 5.41) is 0. The summed E-state index contributed by atoms with van der Waals surface area (Å²) < 4.78 is 22.6. The molecule has 2 aliphatic rings.